The Morgan fingerprint density at radius 3 is 2.42 bits per heavy atom. The molecule has 2 aromatic rings. The molecule has 0 unspecified atom stereocenters. The van der Waals surface area contributed by atoms with Crippen LogP contribution >= 0.6 is 15.9 Å². The summed E-state index contributed by atoms with van der Waals surface area (Å²) in [4.78, 5) is 24.2. The van der Waals surface area contributed by atoms with Crippen molar-refractivity contribution in [1.82, 2.24) is 10.7 Å². The van der Waals surface area contributed by atoms with E-state index >= 15 is 0 Å². The van der Waals surface area contributed by atoms with Gasteiger partial charge >= 0.3 is 0 Å². The predicted octanol–water partition coefficient (Wildman–Crippen LogP) is 2.75. The Bertz CT molecular complexity index is 964. The van der Waals surface area contributed by atoms with Crippen molar-refractivity contribution < 1.29 is 28.5 Å². The van der Waals surface area contributed by atoms with E-state index in [0.29, 0.717) is 45.2 Å². The van der Waals surface area contributed by atoms with Gasteiger partial charge in [0, 0.05) is 5.56 Å². The van der Waals surface area contributed by atoms with Gasteiger partial charge < -0.3 is 24.3 Å². The van der Waals surface area contributed by atoms with Crippen LogP contribution < -0.4 is 29.7 Å². The Morgan fingerprint density at radius 2 is 1.77 bits per heavy atom. The van der Waals surface area contributed by atoms with E-state index in [1.807, 2.05) is 6.92 Å². The second kappa shape index (κ2) is 11.8. The molecule has 0 aliphatic carbocycles. The number of rotatable bonds is 10. The molecule has 2 rings (SSSR count). The molecule has 2 N–H and O–H groups in total. The average molecular weight is 494 g/mol. The molecule has 0 aromatic heterocycles. The number of benzene rings is 2. The van der Waals surface area contributed by atoms with Gasteiger partial charge in [-0.3, -0.25) is 9.59 Å². The highest BCUT2D eigenvalue weighted by Crippen LogP contribution is 2.36. The van der Waals surface area contributed by atoms with Crippen LogP contribution in [0.25, 0.3) is 0 Å². The fourth-order valence-electron chi connectivity index (χ4n) is 2.58. The minimum Gasteiger partial charge on any atom is -0.493 e. The zero-order valence-electron chi connectivity index (χ0n) is 17.7. The monoisotopic (exact) mass is 493 g/mol. The standard InChI is InChI=1S/C21H24BrN3O6/c1-5-31-18-9-13(8-15(22)20(18)30-4)11-24-25-19(26)12-23-21(27)14-6-7-16(28-2)17(10-14)29-3/h6-11H,5,12H2,1-4H3,(H,23,27)(H,25,26). The molecule has 0 fully saturated rings. The van der Waals surface area contributed by atoms with E-state index in [1.54, 1.807) is 31.4 Å². The van der Waals surface area contributed by atoms with Gasteiger partial charge in [-0.1, -0.05) is 0 Å². The summed E-state index contributed by atoms with van der Waals surface area (Å²) in [5.74, 6) is 1.13. The lowest BCUT2D eigenvalue weighted by Gasteiger charge is -2.11. The van der Waals surface area contributed by atoms with E-state index in [4.69, 9.17) is 18.9 Å². The van der Waals surface area contributed by atoms with Gasteiger partial charge in [0.05, 0.1) is 45.2 Å². The first-order valence-corrected chi connectivity index (χ1v) is 10.0. The van der Waals surface area contributed by atoms with Crippen molar-refractivity contribution in [3.05, 3.63) is 45.9 Å². The third-order valence-electron chi connectivity index (χ3n) is 3.99. The summed E-state index contributed by atoms with van der Waals surface area (Å²) in [5.41, 5.74) is 3.38. The molecule has 0 bridgehead atoms. The van der Waals surface area contributed by atoms with Crippen molar-refractivity contribution >= 4 is 34.0 Å². The number of nitrogens with one attached hydrogen (secondary N) is 2. The van der Waals surface area contributed by atoms with Crippen LogP contribution in [0.2, 0.25) is 0 Å². The van der Waals surface area contributed by atoms with Crippen LogP contribution in [0.1, 0.15) is 22.8 Å². The number of carbonyl (C=O) groups is 2. The van der Waals surface area contributed by atoms with E-state index in [2.05, 4.69) is 31.8 Å². The highest BCUT2D eigenvalue weighted by Gasteiger charge is 2.12. The molecule has 0 aliphatic heterocycles. The second-order valence-corrected chi connectivity index (χ2v) is 6.87. The minimum atomic E-state index is -0.484. The lowest BCUT2D eigenvalue weighted by molar-refractivity contribution is -0.120. The van der Waals surface area contributed by atoms with Crippen molar-refractivity contribution in [3.8, 4) is 23.0 Å². The number of nitrogens with zero attached hydrogens (tertiary/aromatic N) is 1. The van der Waals surface area contributed by atoms with E-state index in [-0.39, 0.29) is 6.54 Å². The van der Waals surface area contributed by atoms with Crippen LogP contribution in [0.4, 0.5) is 0 Å². The van der Waals surface area contributed by atoms with Crippen molar-refractivity contribution in [1.29, 1.82) is 0 Å². The quantitative estimate of drug-likeness (QED) is 0.389. The number of hydrazone groups is 1. The van der Waals surface area contributed by atoms with E-state index in [9.17, 15) is 9.59 Å². The lowest BCUT2D eigenvalue weighted by atomic mass is 10.2. The molecule has 0 saturated carbocycles. The third-order valence-corrected chi connectivity index (χ3v) is 4.58. The number of hydrogen-bond acceptors (Lipinski definition) is 7. The van der Waals surface area contributed by atoms with Crippen LogP contribution in [0, 0.1) is 0 Å². The molecular formula is C21H24BrN3O6. The highest BCUT2D eigenvalue weighted by atomic mass is 79.9. The summed E-state index contributed by atoms with van der Waals surface area (Å²) < 4.78 is 21.8. The fraction of sp³-hybridized carbons (Fsp3) is 0.286. The maximum atomic E-state index is 12.3. The highest BCUT2D eigenvalue weighted by molar-refractivity contribution is 9.10. The van der Waals surface area contributed by atoms with Crippen molar-refractivity contribution in [2.45, 2.75) is 6.92 Å². The lowest BCUT2D eigenvalue weighted by Crippen LogP contribution is -2.34. The SMILES string of the molecule is CCOc1cc(C=NNC(=O)CNC(=O)c2ccc(OC)c(OC)c2)cc(Br)c1OC. The van der Waals surface area contributed by atoms with Gasteiger partial charge in [0.2, 0.25) is 0 Å². The zero-order valence-corrected chi connectivity index (χ0v) is 19.2. The Kier molecular flexibility index (Phi) is 9.13. The van der Waals surface area contributed by atoms with Crippen LogP contribution in [0.3, 0.4) is 0 Å². The number of methoxy groups -OCH3 is 3. The molecule has 0 spiro atoms. The first-order chi connectivity index (χ1) is 14.9. The smallest absolute Gasteiger partial charge is 0.259 e. The van der Waals surface area contributed by atoms with Crippen LogP contribution in [-0.4, -0.2) is 52.5 Å². The van der Waals surface area contributed by atoms with Crippen LogP contribution in [-0.2, 0) is 4.79 Å². The van der Waals surface area contributed by atoms with Gasteiger partial charge in [-0.05, 0) is 58.7 Å². The van der Waals surface area contributed by atoms with Gasteiger partial charge in [0.1, 0.15) is 0 Å². The van der Waals surface area contributed by atoms with Gasteiger partial charge in [-0.2, -0.15) is 5.10 Å². The van der Waals surface area contributed by atoms with E-state index in [1.165, 1.54) is 26.5 Å². The first-order valence-electron chi connectivity index (χ1n) is 9.25. The van der Waals surface area contributed by atoms with E-state index < -0.39 is 11.8 Å². The summed E-state index contributed by atoms with van der Waals surface area (Å²) in [6.07, 6.45) is 1.46. The summed E-state index contributed by atoms with van der Waals surface area (Å²) in [6, 6.07) is 8.23. The van der Waals surface area contributed by atoms with Crippen LogP contribution in [0.5, 0.6) is 23.0 Å². The Morgan fingerprint density at radius 1 is 1.03 bits per heavy atom. The van der Waals surface area contributed by atoms with Crippen molar-refractivity contribution in [2.75, 3.05) is 34.5 Å². The number of amides is 2. The minimum absolute atomic E-state index is 0.249. The number of carbonyl (C=O) groups excluding carboxylic acids is 2. The third kappa shape index (κ3) is 6.61. The molecule has 2 amide bonds. The largest absolute Gasteiger partial charge is 0.493 e. The van der Waals surface area contributed by atoms with Crippen LogP contribution in [0.15, 0.2) is 39.9 Å². The van der Waals surface area contributed by atoms with E-state index in [0.717, 1.165) is 0 Å². The maximum Gasteiger partial charge on any atom is 0.259 e. The number of halogens is 1. The molecule has 0 heterocycles. The average Bonchev–Trinajstić information content (AvgIpc) is 2.77. The normalized spacial score (nSPS) is 10.5. The number of ether oxygens (including phenoxy) is 4. The zero-order chi connectivity index (χ0) is 22.8. The van der Waals surface area contributed by atoms with Gasteiger partial charge in [-0.15, -0.1) is 0 Å². The maximum absolute atomic E-state index is 12.3. The molecule has 0 saturated heterocycles. The van der Waals surface area contributed by atoms with Gasteiger partial charge in [0.25, 0.3) is 11.8 Å². The van der Waals surface area contributed by atoms with Crippen molar-refractivity contribution in [2.24, 2.45) is 5.10 Å². The molecule has 0 atom stereocenters. The topological polar surface area (TPSA) is 107 Å². The molecule has 166 valence electrons. The Labute approximate surface area is 188 Å². The molecule has 0 aliphatic rings. The van der Waals surface area contributed by atoms with Gasteiger partial charge in [-0.25, -0.2) is 5.43 Å². The molecule has 31 heavy (non-hydrogen) atoms. The molecular weight excluding hydrogens is 470 g/mol. The van der Waals surface area contributed by atoms with Crippen molar-refractivity contribution in [3.63, 3.8) is 0 Å². The summed E-state index contributed by atoms with van der Waals surface area (Å²) >= 11 is 3.41. The fourth-order valence-corrected chi connectivity index (χ4v) is 3.20. The number of hydrogen-bond donors (Lipinski definition) is 2. The molecule has 2 aromatic carbocycles. The Hall–Kier alpha value is -3.27. The van der Waals surface area contributed by atoms with Gasteiger partial charge in [0.15, 0.2) is 23.0 Å². The molecule has 10 heteroatoms. The Balaban J connectivity index is 1.93. The summed E-state index contributed by atoms with van der Waals surface area (Å²) in [7, 11) is 4.53. The molecule has 0 radical (unpaired) electrons. The summed E-state index contributed by atoms with van der Waals surface area (Å²) in [6.45, 7) is 2.09. The predicted molar refractivity (Wildman–Crippen MR) is 119 cm³/mol. The first kappa shape index (κ1) is 24.0. The summed E-state index contributed by atoms with van der Waals surface area (Å²) in [5, 5.41) is 6.43. The molecule has 9 nitrogen and oxygen atoms in total. The second-order valence-electron chi connectivity index (χ2n) is 6.01.